The molecule has 2 aromatic heterocycles. The fraction of sp³-hybridized carbons (Fsp3) is 0.250. The molecule has 0 fully saturated rings. The Morgan fingerprint density at radius 2 is 2.41 bits per heavy atom. The zero-order valence-electron chi connectivity index (χ0n) is 9.60. The first-order valence-corrected chi connectivity index (χ1v) is 5.24. The molecule has 86 valence electrons. The molecule has 0 aliphatic heterocycles. The van der Waals surface area contributed by atoms with E-state index in [0.717, 1.165) is 0 Å². The Morgan fingerprint density at radius 1 is 1.65 bits per heavy atom. The normalized spacial score (nSPS) is 10.2. The van der Waals surface area contributed by atoms with E-state index in [1.165, 1.54) is 0 Å². The van der Waals surface area contributed by atoms with Gasteiger partial charge in [0.25, 0.3) is 0 Å². The molecule has 0 amide bonds. The lowest BCUT2D eigenvalue weighted by Crippen LogP contribution is -2.09. The van der Waals surface area contributed by atoms with Crippen molar-refractivity contribution >= 4 is 11.6 Å². The average molecular weight is 229 g/mol. The number of pyridine rings is 1. The first kappa shape index (κ1) is 11.1. The van der Waals surface area contributed by atoms with E-state index in [4.69, 9.17) is 10.00 Å². The number of nitriles is 1. The van der Waals surface area contributed by atoms with E-state index in [1.54, 1.807) is 36.6 Å². The van der Waals surface area contributed by atoms with Crippen molar-refractivity contribution in [2.24, 2.45) is 0 Å². The van der Waals surface area contributed by atoms with Crippen molar-refractivity contribution in [1.29, 1.82) is 5.26 Å². The van der Waals surface area contributed by atoms with Gasteiger partial charge in [0, 0.05) is 6.20 Å². The minimum atomic E-state index is -0.424. The third-order valence-corrected chi connectivity index (χ3v) is 2.41. The van der Waals surface area contributed by atoms with Gasteiger partial charge in [-0.15, -0.1) is 0 Å². The van der Waals surface area contributed by atoms with E-state index < -0.39 is 5.97 Å². The van der Waals surface area contributed by atoms with E-state index >= 15 is 0 Å². The van der Waals surface area contributed by atoms with E-state index in [-0.39, 0.29) is 0 Å². The fourth-order valence-electron chi connectivity index (χ4n) is 1.71. The van der Waals surface area contributed by atoms with Gasteiger partial charge in [-0.05, 0) is 26.0 Å². The third-order valence-electron chi connectivity index (χ3n) is 2.41. The van der Waals surface area contributed by atoms with Crippen LogP contribution in [0.1, 0.15) is 28.7 Å². The second kappa shape index (κ2) is 4.26. The zero-order valence-corrected chi connectivity index (χ0v) is 9.60. The number of rotatable bonds is 2. The highest BCUT2D eigenvalue weighted by Gasteiger charge is 2.18. The minimum Gasteiger partial charge on any atom is -0.461 e. The van der Waals surface area contributed by atoms with Gasteiger partial charge >= 0.3 is 5.97 Å². The predicted octanol–water partition coefficient (Wildman–Crippen LogP) is 1.69. The van der Waals surface area contributed by atoms with Crippen LogP contribution < -0.4 is 0 Å². The van der Waals surface area contributed by atoms with Crippen LogP contribution >= 0.6 is 0 Å². The highest BCUT2D eigenvalue weighted by atomic mass is 16.5. The Kier molecular flexibility index (Phi) is 2.79. The Hall–Kier alpha value is -2.35. The summed E-state index contributed by atoms with van der Waals surface area (Å²) in [5, 5.41) is 8.96. The molecular formula is C12H11N3O2. The lowest BCUT2D eigenvalue weighted by atomic mass is 10.3. The molecule has 17 heavy (non-hydrogen) atoms. The molecule has 0 aromatic carbocycles. The summed E-state index contributed by atoms with van der Waals surface area (Å²) in [6.07, 6.45) is 1.70. The maximum atomic E-state index is 11.8. The SMILES string of the molecule is CCOC(=O)c1c(C)nc2c(C#N)cccn12. The molecule has 0 spiro atoms. The van der Waals surface area contributed by atoms with Crippen LogP contribution in [-0.2, 0) is 4.74 Å². The maximum Gasteiger partial charge on any atom is 0.357 e. The number of nitrogens with zero attached hydrogens (tertiary/aromatic N) is 3. The molecule has 0 aliphatic carbocycles. The number of fused-ring (bicyclic) bond motifs is 1. The second-order valence-corrected chi connectivity index (χ2v) is 3.49. The molecule has 2 aromatic rings. The van der Waals surface area contributed by atoms with Gasteiger partial charge in [-0.25, -0.2) is 9.78 Å². The smallest absolute Gasteiger partial charge is 0.357 e. The van der Waals surface area contributed by atoms with Crippen LogP contribution in [0.5, 0.6) is 0 Å². The number of aryl methyl sites for hydroxylation is 1. The first-order chi connectivity index (χ1) is 8.19. The molecule has 0 N–H and O–H groups in total. The van der Waals surface area contributed by atoms with Crippen LogP contribution in [0.4, 0.5) is 0 Å². The molecule has 5 heteroatoms. The van der Waals surface area contributed by atoms with Crippen molar-refractivity contribution in [2.75, 3.05) is 6.61 Å². The molecule has 0 unspecified atom stereocenters. The van der Waals surface area contributed by atoms with Crippen LogP contribution in [0.25, 0.3) is 5.65 Å². The van der Waals surface area contributed by atoms with Crippen LogP contribution in [-0.4, -0.2) is 22.0 Å². The van der Waals surface area contributed by atoms with Gasteiger partial charge in [-0.1, -0.05) is 0 Å². The molecular weight excluding hydrogens is 218 g/mol. The van der Waals surface area contributed by atoms with Crippen molar-refractivity contribution < 1.29 is 9.53 Å². The fourth-order valence-corrected chi connectivity index (χ4v) is 1.71. The summed E-state index contributed by atoms with van der Waals surface area (Å²) < 4.78 is 6.56. The number of carbonyl (C=O) groups is 1. The quantitative estimate of drug-likeness (QED) is 0.735. The molecule has 0 radical (unpaired) electrons. The number of esters is 1. The summed E-state index contributed by atoms with van der Waals surface area (Å²) in [6, 6.07) is 5.41. The molecule has 2 rings (SSSR count). The molecule has 0 atom stereocenters. The number of imidazole rings is 1. The number of carbonyl (C=O) groups excluding carboxylic acids is 1. The Morgan fingerprint density at radius 3 is 3.06 bits per heavy atom. The molecule has 0 saturated carbocycles. The summed E-state index contributed by atoms with van der Waals surface area (Å²) in [7, 11) is 0. The summed E-state index contributed by atoms with van der Waals surface area (Å²) in [5.41, 5.74) is 1.85. The monoisotopic (exact) mass is 229 g/mol. The van der Waals surface area contributed by atoms with Gasteiger partial charge in [0.2, 0.25) is 0 Å². The first-order valence-electron chi connectivity index (χ1n) is 5.24. The summed E-state index contributed by atoms with van der Waals surface area (Å²) in [5.74, 6) is -0.424. The van der Waals surface area contributed by atoms with Gasteiger partial charge in [-0.2, -0.15) is 5.26 Å². The van der Waals surface area contributed by atoms with Crippen molar-refractivity contribution in [3.8, 4) is 6.07 Å². The van der Waals surface area contributed by atoms with Crippen molar-refractivity contribution in [2.45, 2.75) is 13.8 Å². The summed E-state index contributed by atoms with van der Waals surface area (Å²) in [6.45, 7) is 3.78. The average Bonchev–Trinajstić information content (AvgIpc) is 2.65. The number of ether oxygens (including phenoxy) is 1. The largest absolute Gasteiger partial charge is 0.461 e. The molecule has 0 saturated heterocycles. The lowest BCUT2D eigenvalue weighted by molar-refractivity contribution is 0.0517. The van der Waals surface area contributed by atoms with Gasteiger partial charge in [0.15, 0.2) is 11.3 Å². The van der Waals surface area contributed by atoms with Crippen molar-refractivity contribution in [3.05, 3.63) is 35.3 Å². The van der Waals surface area contributed by atoms with Gasteiger partial charge in [-0.3, -0.25) is 4.40 Å². The number of hydrogen-bond acceptors (Lipinski definition) is 4. The van der Waals surface area contributed by atoms with Crippen LogP contribution in [0.3, 0.4) is 0 Å². The minimum absolute atomic E-state index is 0.309. The molecule has 5 nitrogen and oxygen atoms in total. The molecule has 0 bridgehead atoms. The van der Waals surface area contributed by atoms with Crippen LogP contribution in [0, 0.1) is 18.3 Å². The highest BCUT2D eigenvalue weighted by molar-refractivity contribution is 5.90. The van der Waals surface area contributed by atoms with E-state index in [2.05, 4.69) is 4.98 Å². The van der Waals surface area contributed by atoms with E-state index in [1.807, 2.05) is 6.07 Å². The van der Waals surface area contributed by atoms with E-state index in [0.29, 0.717) is 29.2 Å². The van der Waals surface area contributed by atoms with Crippen LogP contribution in [0.2, 0.25) is 0 Å². The molecule has 0 aliphatic rings. The molecule has 2 heterocycles. The summed E-state index contributed by atoms with van der Waals surface area (Å²) in [4.78, 5) is 16.0. The topological polar surface area (TPSA) is 67.4 Å². The van der Waals surface area contributed by atoms with Gasteiger partial charge < -0.3 is 4.74 Å². The predicted molar refractivity (Wildman–Crippen MR) is 60.6 cm³/mol. The standard InChI is InChI=1S/C12H11N3O2/c1-3-17-12(16)10-8(2)14-11-9(7-13)5-4-6-15(10)11/h4-6H,3H2,1-2H3. The van der Waals surface area contributed by atoms with E-state index in [9.17, 15) is 4.79 Å². The number of hydrogen-bond donors (Lipinski definition) is 0. The number of aromatic nitrogens is 2. The third kappa shape index (κ3) is 1.74. The van der Waals surface area contributed by atoms with Crippen molar-refractivity contribution in [3.63, 3.8) is 0 Å². The van der Waals surface area contributed by atoms with Gasteiger partial charge in [0.05, 0.1) is 17.9 Å². The van der Waals surface area contributed by atoms with Crippen LogP contribution in [0.15, 0.2) is 18.3 Å². The zero-order chi connectivity index (χ0) is 12.4. The lowest BCUT2D eigenvalue weighted by Gasteiger charge is -2.02. The maximum absolute atomic E-state index is 11.8. The Labute approximate surface area is 98.3 Å². The second-order valence-electron chi connectivity index (χ2n) is 3.49. The van der Waals surface area contributed by atoms with Crippen molar-refractivity contribution in [1.82, 2.24) is 9.38 Å². The Bertz CT molecular complexity index is 622. The van der Waals surface area contributed by atoms with Gasteiger partial charge in [0.1, 0.15) is 6.07 Å². The Balaban J connectivity index is 2.69. The summed E-state index contributed by atoms with van der Waals surface area (Å²) >= 11 is 0. The highest BCUT2D eigenvalue weighted by Crippen LogP contribution is 2.16.